The first-order valence-electron chi connectivity index (χ1n) is 4.49. The molecular formula is C6H6BBrO2. The molecule has 0 aliphatic rings. The maximum Gasteiger partial charge on any atom is 0.488 e. The number of hydrogen-bond acceptors (Lipinski definition) is 2. The van der Waals surface area contributed by atoms with E-state index >= 15 is 0 Å². The van der Waals surface area contributed by atoms with Crippen LogP contribution in [0.25, 0.3) is 0 Å². The Morgan fingerprint density at radius 2 is 1.80 bits per heavy atom. The van der Waals surface area contributed by atoms with Crippen molar-refractivity contribution in [3.05, 3.63) is 28.6 Å². The first-order valence-corrected chi connectivity index (χ1v) is 3.29. The van der Waals surface area contributed by atoms with Crippen molar-refractivity contribution < 1.29 is 15.5 Å². The van der Waals surface area contributed by atoms with Gasteiger partial charge in [0, 0.05) is 4.47 Å². The molecule has 2 nitrogen and oxygen atoms in total. The second-order valence-corrected chi connectivity index (χ2v) is 2.39. The highest BCUT2D eigenvalue weighted by atomic mass is 79.9. The zero-order chi connectivity index (χ0) is 11.0. The third kappa shape index (κ3) is 1.83. The quantitative estimate of drug-likeness (QED) is 0.639. The lowest BCUT2D eigenvalue weighted by atomic mass is 9.81. The van der Waals surface area contributed by atoms with Crippen LogP contribution in [0.15, 0.2) is 28.6 Å². The largest absolute Gasteiger partial charge is 0.488 e. The zero-order valence-corrected chi connectivity index (χ0v) is 6.44. The molecule has 0 aliphatic heterocycles. The lowest BCUT2D eigenvalue weighted by molar-refractivity contribution is 0.426. The molecule has 1 aromatic carbocycles. The maximum atomic E-state index is 8.86. The lowest BCUT2D eigenvalue weighted by Gasteiger charge is -1.96. The molecule has 0 fully saturated rings. The summed E-state index contributed by atoms with van der Waals surface area (Å²) in [4.78, 5) is 0. The first kappa shape index (κ1) is 3.90. The van der Waals surface area contributed by atoms with E-state index in [0.717, 1.165) is 0 Å². The van der Waals surface area contributed by atoms with Crippen LogP contribution < -0.4 is 5.46 Å². The fourth-order valence-electron chi connectivity index (χ4n) is 0.436. The number of rotatable bonds is 1. The van der Waals surface area contributed by atoms with E-state index in [0.29, 0.717) is 0 Å². The molecule has 1 aromatic rings. The first-order chi connectivity index (χ1) is 6.37. The van der Waals surface area contributed by atoms with Crippen molar-refractivity contribution in [2.24, 2.45) is 0 Å². The van der Waals surface area contributed by atoms with Crippen LogP contribution in [0, 0.1) is 0 Å². The summed E-state index contributed by atoms with van der Waals surface area (Å²) in [5.41, 5.74) is -0.414. The Hall–Kier alpha value is -0.315. The van der Waals surface area contributed by atoms with Crippen molar-refractivity contribution in [3.63, 3.8) is 0 Å². The van der Waals surface area contributed by atoms with Crippen molar-refractivity contribution in [3.8, 4) is 0 Å². The van der Waals surface area contributed by atoms with E-state index in [4.69, 9.17) is 15.5 Å². The molecule has 52 valence electrons. The van der Waals surface area contributed by atoms with Gasteiger partial charge in [-0.1, -0.05) is 28.0 Å². The summed E-state index contributed by atoms with van der Waals surface area (Å²) < 4.78 is 29.4. The molecule has 0 aliphatic carbocycles. The van der Waals surface area contributed by atoms with E-state index in [-0.39, 0.29) is 16.6 Å². The van der Waals surface area contributed by atoms with Crippen LogP contribution >= 0.6 is 15.9 Å². The Bertz CT molecular complexity index is 356. The van der Waals surface area contributed by atoms with Crippen molar-refractivity contribution >= 4 is 28.5 Å². The average molecular weight is 205 g/mol. The van der Waals surface area contributed by atoms with Crippen LogP contribution in [0.5, 0.6) is 0 Å². The summed E-state index contributed by atoms with van der Waals surface area (Å²) >= 11 is 2.89. The third-order valence-corrected chi connectivity index (χ3v) is 1.27. The van der Waals surface area contributed by atoms with E-state index in [1.54, 1.807) is 0 Å². The molecule has 1 rings (SSSR count). The summed E-state index contributed by atoms with van der Waals surface area (Å²) in [5, 5.41) is 17.7. The van der Waals surface area contributed by atoms with Gasteiger partial charge in [0.1, 0.15) is 0 Å². The molecule has 0 aromatic heterocycles. The molecule has 0 saturated heterocycles. The van der Waals surface area contributed by atoms with Gasteiger partial charge in [0.15, 0.2) is 0 Å². The normalized spacial score (nSPS) is 15.1. The highest BCUT2D eigenvalue weighted by molar-refractivity contribution is 9.10. The van der Waals surface area contributed by atoms with Gasteiger partial charge < -0.3 is 10.0 Å². The highest BCUT2D eigenvalue weighted by Gasteiger charge is 2.08. The van der Waals surface area contributed by atoms with Crippen LogP contribution in [-0.2, 0) is 0 Å². The van der Waals surface area contributed by atoms with Crippen molar-refractivity contribution in [1.82, 2.24) is 0 Å². The molecule has 0 amide bonds. The minimum absolute atomic E-state index is 0.0110. The molecule has 0 saturated carbocycles. The smallest absolute Gasteiger partial charge is 0.423 e. The van der Waals surface area contributed by atoms with E-state index in [1.165, 1.54) is 0 Å². The van der Waals surface area contributed by atoms with E-state index in [1.807, 2.05) is 0 Å². The van der Waals surface area contributed by atoms with Gasteiger partial charge in [-0.15, -0.1) is 0 Å². The highest BCUT2D eigenvalue weighted by Crippen LogP contribution is 2.04. The zero-order valence-electron chi connectivity index (χ0n) is 8.85. The van der Waals surface area contributed by atoms with Gasteiger partial charge in [0.2, 0.25) is 0 Å². The summed E-state index contributed by atoms with van der Waals surface area (Å²) in [6.07, 6.45) is 0. The Morgan fingerprint density at radius 3 is 2.20 bits per heavy atom. The van der Waals surface area contributed by atoms with Crippen molar-refractivity contribution in [2.75, 3.05) is 0 Å². The Kier molecular flexibility index (Phi) is 1.24. The van der Waals surface area contributed by atoms with Crippen molar-refractivity contribution in [2.45, 2.75) is 0 Å². The summed E-state index contributed by atoms with van der Waals surface area (Å²) in [7, 11) is -2.00. The van der Waals surface area contributed by atoms with E-state index < -0.39 is 24.7 Å². The monoisotopic (exact) mass is 204 g/mol. The van der Waals surface area contributed by atoms with Crippen LogP contribution in [-0.4, -0.2) is 17.2 Å². The van der Waals surface area contributed by atoms with Gasteiger partial charge in [-0.25, -0.2) is 0 Å². The standard InChI is InChI=1S/C6H6BBrO2/c8-6-3-1-5(2-4-6)7(9)10/h1-4,9-10H/i1D,2D,3D,4D. The van der Waals surface area contributed by atoms with E-state index in [2.05, 4.69) is 15.9 Å². The Labute approximate surface area is 73.4 Å². The SMILES string of the molecule is [2H]c1c([2H])c(B(O)O)c([2H])c([2H])c1Br. The molecule has 2 N–H and O–H groups in total. The molecule has 0 unspecified atom stereocenters. The summed E-state index contributed by atoms with van der Waals surface area (Å²) in [6.45, 7) is 0. The molecular weight excluding hydrogens is 195 g/mol. The predicted molar refractivity (Wildman–Crippen MR) is 44.0 cm³/mol. The average Bonchev–Trinajstić information content (AvgIpc) is 2.11. The second kappa shape index (κ2) is 3.19. The second-order valence-electron chi connectivity index (χ2n) is 1.60. The van der Waals surface area contributed by atoms with Crippen LogP contribution in [0.2, 0.25) is 0 Å². The lowest BCUT2D eigenvalue weighted by Crippen LogP contribution is -2.29. The van der Waals surface area contributed by atoms with Gasteiger partial charge in [-0.2, -0.15) is 0 Å². The molecule has 0 heterocycles. The molecule has 0 spiro atoms. The number of benzene rings is 1. The topological polar surface area (TPSA) is 40.5 Å². The molecule has 10 heavy (non-hydrogen) atoms. The third-order valence-electron chi connectivity index (χ3n) is 0.872. The molecule has 0 radical (unpaired) electrons. The minimum atomic E-state index is -2.00. The van der Waals surface area contributed by atoms with Gasteiger partial charge in [0.25, 0.3) is 0 Å². The maximum absolute atomic E-state index is 8.86. The summed E-state index contributed by atoms with van der Waals surface area (Å²) in [5.74, 6) is 0. The predicted octanol–water partition coefficient (Wildman–Crippen LogP) is 0.129. The number of halogens is 1. The number of hydrogen-bond donors (Lipinski definition) is 2. The van der Waals surface area contributed by atoms with Crippen LogP contribution in [0.4, 0.5) is 0 Å². The van der Waals surface area contributed by atoms with Gasteiger partial charge >= 0.3 is 7.12 Å². The van der Waals surface area contributed by atoms with Gasteiger partial charge in [0.05, 0.1) is 5.48 Å². The van der Waals surface area contributed by atoms with Crippen LogP contribution in [0.3, 0.4) is 0 Å². The van der Waals surface area contributed by atoms with Gasteiger partial charge in [-0.05, 0) is 17.5 Å². The summed E-state index contributed by atoms with van der Waals surface area (Å²) in [6, 6.07) is -1.55. The Balaban J connectivity index is 3.60. The van der Waals surface area contributed by atoms with Gasteiger partial charge in [-0.3, -0.25) is 0 Å². The fraction of sp³-hybridized carbons (Fsp3) is 0. The molecule has 0 atom stereocenters. The Morgan fingerprint density at radius 1 is 1.30 bits per heavy atom. The fourth-order valence-corrected chi connectivity index (χ4v) is 0.634. The van der Waals surface area contributed by atoms with Crippen LogP contribution in [0.1, 0.15) is 5.48 Å². The molecule has 4 heteroatoms. The molecule has 0 bridgehead atoms. The van der Waals surface area contributed by atoms with Crippen molar-refractivity contribution in [1.29, 1.82) is 0 Å². The minimum Gasteiger partial charge on any atom is -0.423 e. The van der Waals surface area contributed by atoms with E-state index in [9.17, 15) is 0 Å².